The van der Waals surface area contributed by atoms with Crippen molar-refractivity contribution < 1.29 is 0 Å². The van der Waals surface area contributed by atoms with Crippen LogP contribution in [0, 0.1) is 19.8 Å². The van der Waals surface area contributed by atoms with Crippen molar-refractivity contribution in [3.63, 3.8) is 0 Å². The van der Waals surface area contributed by atoms with Gasteiger partial charge in [-0.1, -0.05) is 0 Å². The summed E-state index contributed by atoms with van der Waals surface area (Å²) in [4.78, 5) is 4.82. The molecule has 0 aliphatic heterocycles. The normalized spacial score (nSPS) is 12.0. The van der Waals surface area contributed by atoms with Crippen LogP contribution in [0.3, 0.4) is 0 Å². The Hall–Kier alpha value is -1.09. The topological polar surface area (TPSA) is 12.9 Å². The predicted octanol–water partition coefficient (Wildman–Crippen LogP) is 5.11. The van der Waals surface area contributed by atoms with Crippen molar-refractivity contribution in [2.24, 2.45) is 5.92 Å². The van der Waals surface area contributed by atoms with Crippen molar-refractivity contribution in [2.75, 3.05) is 0 Å². The van der Waals surface area contributed by atoms with Crippen LogP contribution < -0.4 is 4.40 Å². The molecule has 2 heteroatoms. The van der Waals surface area contributed by atoms with Crippen molar-refractivity contribution in [2.45, 2.75) is 51.4 Å². The van der Waals surface area contributed by atoms with Gasteiger partial charge in [0.1, 0.15) is 0 Å². The predicted molar refractivity (Wildman–Crippen MR) is 101 cm³/mol. The summed E-state index contributed by atoms with van der Waals surface area (Å²) in [5, 5.41) is 0. The minimum absolute atomic E-state index is 0.679. The summed E-state index contributed by atoms with van der Waals surface area (Å²) >= 11 is -1.88. The van der Waals surface area contributed by atoms with Gasteiger partial charge in [-0.15, -0.1) is 0 Å². The van der Waals surface area contributed by atoms with E-state index >= 15 is 0 Å². The van der Waals surface area contributed by atoms with E-state index in [0.29, 0.717) is 5.92 Å². The molecule has 0 amide bonds. The van der Waals surface area contributed by atoms with E-state index in [1.165, 1.54) is 22.3 Å². The quantitative estimate of drug-likeness (QED) is 0.694. The number of benzene rings is 1. The molecule has 0 radical (unpaired) electrons. The molecule has 0 aliphatic carbocycles. The number of hydrogen-bond acceptors (Lipinski definition) is 1. The van der Waals surface area contributed by atoms with Crippen molar-refractivity contribution in [1.29, 1.82) is 0 Å². The molecule has 1 aromatic carbocycles. The third-order valence-electron chi connectivity index (χ3n) is 4.08. The fourth-order valence-corrected chi connectivity index (χ4v) is 6.36. The van der Waals surface area contributed by atoms with Crippen molar-refractivity contribution >= 4 is 17.7 Å². The Kier molecular flexibility index (Phi) is 5.16. The molecule has 1 heterocycles. The van der Waals surface area contributed by atoms with Crippen LogP contribution in [-0.2, 0) is 6.42 Å². The first-order valence-corrected chi connectivity index (χ1v) is 15.6. The van der Waals surface area contributed by atoms with E-state index < -0.39 is 13.3 Å². The van der Waals surface area contributed by atoms with Crippen LogP contribution in [0.4, 0.5) is 0 Å². The zero-order valence-corrected chi connectivity index (χ0v) is 17.2. The molecule has 2 rings (SSSR count). The number of aryl methyl sites for hydroxylation is 2. The summed E-state index contributed by atoms with van der Waals surface area (Å²) in [6.07, 6.45) is 3.32. The van der Waals surface area contributed by atoms with Crippen LogP contribution in [0.15, 0.2) is 30.5 Å². The van der Waals surface area contributed by atoms with Gasteiger partial charge in [0.25, 0.3) is 0 Å². The Morgan fingerprint density at radius 3 is 2.27 bits per heavy atom. The van der Waals surface area contributed by atoms with E-state index in [2.05, 4.69) is 75.4 Å². The average molecular weight is 356 g/mol. The van der Waals surface area contributed by atoms with Gasteiger partial charge >= 0.3 is 138 Å². The molecule has 0 bridgehead atoms. The number of hydrogen-bond donors (Lipinski definition) is 0. The monoisotopic (exact) mass is 357 g/mol. The molecule has 2 aromatic rings. The van der Waals surface area contributed by atoms with Crippen LogP contribution >= 0.6 is 0 Å². The first-order valence-electron chi connectivity index (χ1n) is 8.25. The summed E-state index contributed by atoms with van der Waals surface area (Å²) in [6.45, 7) is 8.93. The van der Waals surface area contributed by atoms with E-state index in [1.807, 2.05) is 0 Å². The van der Waals surface area contributed by atoms with Crippen molar-refractivity contribution in [3.8, 4) is 11.3 Å². The van der Waals surface area contributed by atoms with Gasteiger partial charge in [0.05, 0.1) is 0 Å². The molecule has 22 heavy (non-hydrogen) atoms. The Bertz CT molecular complexity index is 666. The van der Waals surface area contributed by atoms with E-state index in [-0.39, 0.29) is 0 Å². The molecular weight excluding hydrogens is 327 g/mol. The fourth-order valence-electron chi connectivity index (χ4n) is 3.03. The van der Waals surface area contributed by atoms with Gasteiger partial charge in [-0.25, -0.2) is 0 Å². The van der Waals surface area contributed by atoms with Gasteiger partial charge in [-0.3, -0.25) is 0 Å². The van der Waals surface area contributed by atoms with Crippen LogP contribution in [0.1, 0.15) is 30.5 Å². The molecule has 0 N–H and O–H groups in total. The van der Waals surface area contributed by atoms with Crippen LogP contribution in [0.2, 0.25) is 17.3 Å². The van der Waals surface area contributed by atoms with Gasteiger partial charge in [0, 0.05) is 0 Å². The van der Waals surface area contributed by atoms with Crippen molar-refractivity contribution in [3.05, 3.63) is 47.2 Å². The molecule has 0 aliphatic rings. The van der Waals surface area contributed by atoms with Gasteiger partial charge in [0.15, 0.2) is 0 Å². The summed E-state index contributed by atoms with van der Waals surface area (Å²) in [7, 11) is 0. The van der Waals surface area contributed by atoms with Gasteiger partial charge < -0.3 is 0 Å². The van der Waals surface area contributed by atoms with Gasteiger partial charge in [-0.2, -0.15) is 0 Å². The van der Waals surface area contributed by atoms with Crippen LogP contribution in [0.25, 0.3) is 11.3 Å². The fraction of sp³-hybridized carbons (Fsp3) is 0.450. The maximum atomic E-state index is 4.82. The number of pyridine rings is 1. The minimum atomic E-state index is -1.88. The third-order valence-corrected chi connectivity index (χ3v) is 8.42. The van der Waals surface area contributed by atoms with Crippen LogP contribution in [-0.4, -0.2) is 18.3 Å². The number of nitrogens with zero attached hydrogens (tertiary/aromatic N) is 1. The summed E-state index contributed by atoms with van der Waals surface area (Å²) in [5.41, 5.74) is 6.54. The Labute approximate surface area is 138 Å². The molecule has 0 saturated carbocycles. The molecule has 0 saturated heterocycles. The first-order chi connectivity index (χ1) is 10.2. The maximum absolute atomic E-state index is 4.82. The zero-order chi connectivity index (χ0) is 16.5. The Morgan fingerprint density at radius 2 is 1.73 bits per heavy atom. The molecule has 0 atom stereocenters. The third kappa shape index (κ3) is 4.01. The standard InChI is InChI=1S/C20H29GeN/c1-14(2)10-17-12-20(22-13-19(17)21(5,6)7)18-9-8-15(3)11-16(18)4/h8-9,11-14H,10H2,1-7H3. The van der Waals surface area contributed by atoms with E-state index in [9.17, 15) is 0 Å². The molecule has 118 valence electrons. The second kappa shape index (κ2) is 6.58. The van der Waals surface area contributed by atoms with E-state index in [0.717, 1.165) is 12.1 Å². The number of rotatable bonds is 4. The molecule has 0 unspecified atom stereocenters. The summed E-state index contributed by atoms with van der Waals surface area (Å²) in [5.74, 6) is 8.05. The first kappa shape index (κ1) is 17.3. The Balaban J connectivity index is 2.55. The zero-order valence-electron chi connectivity index (χ0n) is 15.1. The molecule has 0 fully saturated rings. The van der Waals surface area contributed by atoms with Gasteiger partial charge in [-0.05, 0) is 0 Å². The molecule has 0 spiro atoms. The van der Waals surface area contributed by atoms with Gasteiger partial charge in [0.2, 0.25) is 0 Å². The second-order valence-corrected chi connectivity index (χ2v) is 18.5. The molecular formula is C20H29GeN. The number of aromatic nitrogens is 1. The van der Waals surface area contributed by atoms with Crippen LogP contribution in [0.5, 0.6) is 0 Å². The van der Waals surface area contributed by atoms with E-state index in [1.54, 1.807) is 4.40 Å². The summed E-state index contributed by atoms with van der Waals surface area (Å²) in [6, 6.07) is 8.99. The molecule has 1 aromatic heterocycles. The Morgan fingerprint density at radius 1 is 1.05 bits per heavy atom. The van der Waals surface area contributed by atoms with E-state index in [4.69, 9.17) is 4.98 Å². The summed E-state index contributed by atoms with van der Waals surface area (Å²) < 4.78 is 1.56. The molecule has 1 nitrogen and oxygen atoms in total. The average Bonchev–Trinajstić information content (AvgIpc) is 2.36. The SMILES string of the molecule is Cc1ccc(-c2cc(CC(C)C)[c]([Ge]([CH3])([CH3])[CH3])cn2)c(C)c1. The second-order valence-electron chi connectivity index (χ2n) is 7.89. The van der Waals surface area contributed by atoms with Crippen molar-refractivity contribution in [1.82, 2.24) is 4.98 Å².